The van der Waals surface area contributed by atoms with Gasteiger partial charge < -0.3 is 19.9 Å². The summed E-state index contributed by atoms with van der Waals surface area (Å²) < 4.78 is 10.6. The Morgan fingerprint density at radius 2 is 1.59 bits per heavy atom. The summed E-state index contributed by atoms with van der Waals surface area (Å²) in [6.45, 7) is 3.31. The molecule has 1 aliphatic rings. The molecule has 0 radical (unpaired) electrons. The molecule has 2 N–H and O–H groups in total. The highest BCUT2D eigenvalue weighted by molar-refractivity contribution is 5.82. The fraction of sp³-hybridized carbons (Fsp3) is 0.333. The molecule has 2 aromatic rings. The molecule has 0 heterocycles. The number of methoxy groups -OCH3 is 1. The number of alkyl carbamates (subject to hydrolysis) is 1. The molecule has 3 rings (SSSR count). The zero-order valence-electron chi connectivity index (χ0n) is 15.6. The van der Waals surface area contributed by atoms with E-state index in [0.717, 1.165) is 22.3 Å². The molecule has 0 saturated carbocycles. The fourth-order valence-corrected chi connectivity index (χ4v) is 3.41. The molecule has 1 atom stereocenters. The van der Waals surface area contributed by atoms with Gasteiger partial charge in [-0.1, -0.05) is 48.5 Å². The predicted molar refractivity (Wildman–Crippen MR) is 101 cm³/mol. The maximum atomic E-state index is 12.2. The average molecular weight is 369 g/mol. The van der Waals surface area contributed by atoms with Gasteiger partial charge in [0.25, 0.3) is 0 Å². The Morgan fingerprint density at radius 3 is 2.07 bits per heavy atom. The minimum absolute atomic E-state index is 0.0816. The van der Waals surface area contributed by atoms with Crippen molar-refractivity contribution in [2.75, 3.05) is 13.7 Å². The molecule has 27 heavy (non-hydrogen) atoms. The van der Waals surface area contributed by atoms with Gasteiger partial charge in [-0.05, 0) is 36.1 Å². The summed E-state index contributed by atoms with van der Waals surface area (Å²) in [5.74, 6) is -1.27. The van der Waals surface area contributed by atoms with Gasteiger partial charge in [-0.15, -0.1) is 0 Å². The number of hydrogen-bond acceptors (Lipinski definition) is 4. The predicted octanol–water partition coefficient (Wildman–Crippen LogP) is 3.40. The van der Waals surface area contributed by atoms with Crippen molar-refractivity contribution in [3.8, 4) is 11.1 Å². The van der Waals surface area contributed by atoms with Gasteiger partial charge in [0, 0.05) is 13.0 Å². The zero-order valence-corrected chi connectivity index (χ0v) is 15.6. The SMILES string of the molecule is COC(C)(C)[C@@H](NC(=O)OCC1c2ccccc2-c2ccccc21)C(=O)O. The van der Waals surface area contributed by atoms with Gasteiger partial charge in [0.2, 0.25) is 0 Å². The summed E-state index contributed by atoms with van der Waals surface area (Å²) in [4.78, 5) is 23.7. The average Bonchev–Trinajstić information content (AvgIpc) is 2.98. The summed E-state index contributed by atoms with van der Waals surface area (Å²) in [5.41, 5.74) is 3.38. The number of carboxylic acids is 1. The Bertz CT molecular complexity index is 816. The molecule has 1 aliphatic carbocycles. The highest BCUT2D eigenvalue weighted by atomic mass is 16.6. The molecule has 0 aliphatic heterocycles. The first-order valence-electron chi connectivity index (χ1n) is 8.74. The molecule has 6 nitrogen and oxygen atoms in total. The van der Waals surface area contributed by atoms with Crippen LogP contribution in [0.25, 0.3) is 11.1 Å². The van der Waals surface area contributed by atoms with E-state index in [1.54, 1.807) is 13.8 Å². The molecular formula is C21H23NO5. The maximum Gasteiger partial charge on any atom is 0.407 e. The number of hydrogen-bond donors (Lipinski definition) is 2. The van der Waals surface area contributed by atoms with E-state index < -0.39 is 23.7 Å². The Labute approximate surface area is 158 Å². The molecule has 2 aromatic carbocycles. The lowest BCUT2D eigenvalue weighted by Gasteiger charge is -2.30. The standard InChI is InChI=1S/C21H23NO5/c1-21(2,26-3)18(19(23)24)22-20(25)27-12-17-15-10-6-4-8-13(15)14-9-5-7-11-16(14)17/h4-11,17-18H,12H2,1-3H3,(H,22,25)(H,23,24)/t18-/m0/s1. The van der Waals surface area contributed by atoms with E-state index in [1.807, 2.05) is 36.4 Å². The summed E-state index contributed by atoms with van der Waals surface area (Å²) in [6.07, 6.45) is -0.783. The number of nitrogens with one attached hydrogen (secondary N) is 1. The number of ether oxygens (including phenoxy) is 2. The Kier molecular flexibility index (Phi) is 5.19. The van der Waals surface area contributed by atoms with Crippen LogP contribution in [0.1, 0.15) is 30.9 Å². The van der Waals surface area contributed by atoms with Crippen LogP contribution >= 0.6 is 0 Å². The summed E-state index contributed by atoms with van der Waals surface area (Å²) >= 11 is 0. The van der Waals surface area contributed by atoms with Crippen LogP contribution in [0.3, 0.4) is 0 Å². The largest absolute Gasteiger partial charge is 0.480 e. The number of aliphatic carboxylic acids is 1. The topological polar surface area (TPSA) is 84.9 Å². The second-order valence-corrected chi connectivity index (χ2v) is 7.05. The van der Waals surface area contributed by atoms with E-state index in [9.17, 15) is 14.7 Å². The van der Waals surface area contributed by atoms with Gasteiger partial charge in [0.15, 0.2) is 6.04 Å². The van der Waals surface area contributed by atoms with E-state index in [2.05, 4.69) is 17.4 Å². The lowest BCUT2D eigenvalue weighted by Crippen LogP contribution is -2.55. The number of carbonyl (C=O) groups excluding carboxylic acids is 1. The van der Waals surface area contributed by atoms with Crippen LogP contribution in [-0.4, -0.2) is 42.5 Å². The van der Waals surface area contributed by atoms with Crippen molar-refractivity contribution in [2.24, 2.45) is 0 Å². The van der Waals surface area contributed by atoms with Gasteiger partial charge in [-0.3, -0.25) is 0 Å². The van der Waals surface area contributed by atoms with Crippen LogP contribution in [0.5, 0.6) is 0 Å². The van der Waals surface area contributed by atoms with Gasteiger partial charge in [-0.2, -0.15) is 0 Å². The second-order valence-electron chi connectivity index (χ2n) is 7.05. The third-order valence-corrected chi connectivity index (χ3v) is 5.07. The van der Waals surface area contributed by atoms with Crippen molar-refractivity contribution in [2.45, 2.75) is 31.4 Å². The van der Waals surface area contributed by atoms with Crippen molar-refractivity contribution >= 4 is 12.1 Å². The van der Waals surface area contributed by atoms with Crippen molar-refractivity contribution in [3.63, 3.8) is 0 Å². The second kappa shape index (κ2) is 7.40. The van der Waals surface area contributed by atoms with Crippen LogP contribution in [-0.2, 0) is 14.3 Å². The normalized spacial score (nSPS) is 14.2. The number of carbonyl (C=O) groups is 2. The van der Waals surface area contributed by atoms with Crippen LogP contribution in [0.4, 0.5) is 4.79 Å². The van der Waals surface area contributed by atoms with Gasteiger partial charge in [0.05, 0.1) is 5.60 Å². The molecule has 0 saturated heterocycles. The van der Waals surface area contributed by atoms with Crippen LogP contribution in [0.15, 0.2) is 48.5 Å². The molecule has 0 bridgehead atoms. The molecular weight excluding hydrogens is 346 g/mol. The van der Waals surface area contributed by atoms with E-state index >= 15 is 0 Å². The molecule has 0 spiro atoms. The van der Waals surface area contributed by atoms with Crippen molar-refractivity contribution in [1.82, 2.24) is 5.32 Å². The molecule has 0 fully saturated rings. The Morgan fingerprint density at radius 1 is 1.07 bits per heavy atom. The number of benzene rings is 2. The third kappa shape index (κ3) is 3.66. The summed E-state index contributed by atoms with van der Waals surface area (Å²) in [7, 11) is 1.40. The summed E-state index contributed by atoms with van der Waals surface area (Å²) in [5, 5.41) is 11.8. The minimum Gasteiger partial charge on any atom is -0.480 e. The monoisotopic (exact) mass is 369 g/mol. The van der Waals surface area contributed by atoms with Crippen LogP contribution < -0.4 is 5.32 Å². The van der Waals surface area contributed by atoms with Crippen molar-refractivity contribution in [3.05, 3.63) is 59.7 Å². The van der Waals surface area contributed by atoms with Crippen LogP contribution in [0, 0.1) is 0 Å². The third-order valence-electron chi connectivity index (χ3n) is 5.07. The maximum absolute atomic E-state index is 12.2. The molecule has 1 amide bonds. The molecule has 6 heteroatoms. The molecule has 142 valence electrons. The Hall–Kier alpha value is -2.86. The van der Waals surface area contributed by atoms with Gasteiger partial charge >= 0.3 is 12.1 Å². The smallest absolute Gasteiger partial charge is 0.407 e. The van der Waals surface area contributed by atoms with E-state index in [1.165, 1.54) is 7.11 Å². The minimum atomic E-state index is -1.22. The van der Waals surface area contributed by atoms with Gasteiger partial charge in [-0.25, -0.2) is 9.59 Å². The zero-order chi connectivity index (χ0) is 19.6. The highest BCUT2D eigenvalue weighted by Crippen LogP contribution is 2.44. The highest BCUT2D eigenvalue weighted by Gasteiger charge is 2.37. The lowest BCUT2D eigenvalue weighted by atomic mass is 9.98. The quantitative estimate of drug-likeness (QED) is 0.815. The number of fused-ring (bicyclic) bond motifs is 3. The molecule has 0 unspecified atom stereocenters. The van der Waals surface area contributed by atoms with Crippen molar-refractivity contribution in [1.29, 1.82) is 0 Å². The number of carboxylic acid groups (broad SMARTS) is 1. The molecule has 0 aromatic heterocycles. The fourth-order valence-electron chi connectivity index (χ4n) is 3.41. The van der Waals surface area contributed by atoms with E-state index in [4.69, 9.17) is 9.47 Å². The first kappa shape index (κ1) is 18.9. The van der Waals surface area contributed by atoms with E-state index in [0.29, 0.717) is 0 Å². The first-order chi connectivity index (χ1) is 12.8. The number of rotatable bonds is 6. The Balaban J connectivity index is 1.73. The van der Waals surface area contributed by atoms with Crippen molar-refractivity contribution < 1.29 is 24.2 Å². The lowest BCUT2D eigenvalue weighted by molar-refractivity contribution is -0.147. The van der Waals surface area contributed by atoms with E-state index in [-0.39, 0.29) is 12.5 Å². The number of amides is 1. The van der Waals surface area contributed by atoms with Gasteiger partial charge in [0.1, 0.15) is 6.61 Å². The summed E-state index contributed by atoms with van der Waals surface area (Å²) in [6, 6.07) is 14.8. The first-order valence-corrected chi connectivity index (χ1v) is 8.74. The van der Waals surface area contributed by atoms with Crippen LogP contribution in [0.2, 0.25) is 0 Å².